The fraction of sp³-hybridized carbons (Fsp3) is 0.882. The van der Waals surface area contributed by atoms with E-state index in [4.69, 9.17) is 9.47 Å². The molecule has 4 heteroatoms. The lowest BCUT2D eigenvalue weighted by Crippen LogP contribution is -2.09. The molecule has 0 aromatic rings. The third-order valence-electron chi connectivity index (χ3n) is 3.10. The Morgan fingerprint density at radius 3 is 1.95 bits per heavy atom. The average molecular weight is 300 g/mol. The lowest BCUT2D eigenvalue weighted by atomic mass is 10.1. The maximum atomic E-state index is 11.4. The SMILES string of the molecule is CCCCCCOC(=O)CCCCCC(=O)OCC(C)C. The van der Waals surface area contributed by atoms with Crippen LogP contribution in [0, 0.1) is 5.92 Å². The van der Waals surface area contributed by atoms with Gasteiger partial charge in [-0.2, -0.15) is 0 Å². The molecule has 0 aromatic carbocycles. The fourth-order valence-corrected chi connectivity index (χ4v) is 1.83. The minimum Gasteiger partial charge on any atom is -0.466 e. The Labute approximate surface area is 129 Å². The van der Waals surface area contributed by atoms with Gasteiger partial charge in [-0.1, -0.05) is 46.5 Å². The first-order valence-electron chi connectivity index (χ1n) is 8.37. The van der Waals surface area contributed by atoms with Crippen LogP contribution in [0.25, 0.3) is 0 Å². The molecule has 0 N–H and O–H groups in total. The van der Waals surface area contributed by atoms with E-state index in [1.54, 1.807) is 0 Å². The summed E-state index contributed by atoms with van der Waals surface area (Å²) >= 11 is 0. The molecule has 0 aliphatic heterocycles. The van der Waals surface area contributed by atoms with Gasteiger partial charge < -0.3 is 9.47 Å². The van der Waals surface area contributed by atoms with Gasteiger partial charge in [0.2, 0.25) is 0 Å². The van der Waals surface area contributed by atoms with Gasteiger partial charge >= 0.3 is 11.9 Å². The Morgan fingerprint density at radius 1 is 0.810 bits per heavy atom. The second-order valence-electron chi connectivity index (χ2n) is 5.92. The van der Waals surface area contributed by atoms with Crippen molar-refractivity contribution in [1.29, 1.82) is 0 Å². The minimum atomic E-state index is -0.137. The van der Waals surface area contributed by atoms with Crippen LogP contribution in [0.2, 0.25) is 0 Å². The maximum absolute atomic E-state index is 11.4. The third-order valence-corrected chi connectivity index (χ3v) is 3.10. The van der Waals surface area contributed by atoms with Crippen molar-refractivity contribution in [2.45, 2.75) is 78.6 Å². The molecular formula is C17H32O4. The second kappa shape index (κ2) is 13.9. The van der Waals surface area contributed by atoms with Crippen LogP contribution < -0.4 is 0 Å². The predicted molar refractivity (Wildman–Crippen MR) is 84.0 cm³/mol. The van der Waals surface area contributed by atoms with Gasteiger partial charge in [-0.05, 0) is 25.2 Å². The number of esters is 2. The van der Waals surface area contributed by atoms with Crippen molar-refractivity contribution in [1.82, 2.24) is 0 Å². The van der Waals surface area contributed by atoms with Gasteiger partial charge in [-0.25, -0.2) is 0 Å². The van der Waals surface area contributed by atoms with Gasteiger partial charge in [-0.15, -0.1) is 0 Å². The lowest BCUT2D eigenvalue weighted by molar-refractivity contribution is -0.144. The molecule has 0 unspecified atom stereocenters. The minimum absolute atomic E-state index is 0.117. The van der Waals surface area contributed by atoms with Crippen molar-refractivity contribution in [2.24, 2.45) is 5.92 Å². The monoisotopic (exact) mass is 300 g/mol. The van der Waals surface area contributed by atoms with Gasteiger partial charge in [-0.3, -0.25) is 9.59 Å². The van der Waals surface area contributed by atoms with E-state index in [0.717, 1.165) is 32.1 Å². The van der Waals surface area contributed by atoms with Crippen molar-refractivity contribution in [3.8, 4) is 0 Å². The number of hydrogen-bond donors (Lipinski definition) is 0. The van der Waals surface area contributed by atoms with Gasteiger partial charge in [0.05, 0.1) is 13.2 Å². The molecule has 0 bridgehead atoms. The highest BCUT2D eigenvalue weighted by Crippen LogP contribution is 2.07. The summed E-state index contributed by atoms with van der Waals surface area (Å²) < 4.78 is 10.2. The zero-order valence-electron chi connectivity index (χ0n) is 14.0. The molecule has 0 radical (unpaired) electrons. The van der Waals surface area contributed by atoms with Crippen molar-refractivity contribution in [3.63, 3.8) is 0 Å². The number of carbonyl (C=O) groups excluding carboxylic acids is 2. The number of rotatable bonds is 13. The van der Waals surface area contributed by atoms with Crippen LogP contribution in [0.4, 0.5) is 0 Å². The normalized spacial score (nSPS) is 10.7. The molecule has 0 aliphatic rings. The summed E-state index contributed by atoms with van der Waals surface area (Å²) in [6.07, 6.45) is 7.79. The molecule has 0 aliphatic carbocycles. The third kappa shape index (κ3) is 15.2. The molecule has 0 heterocycles. The van der Waals surface area contributed by atoms with Gasteiger partial charge in [0.1, 0.15) is 0 Å². The molecule has 124 valence electrons. The number of hydrogen-bond acceptors (Lipinski definition) is 4. The fourth-order valence-electron chi connectivity index (χ4n) is 1.83. The highest BCUT2D eigenvalue weighted by Gasteiger charge is 2.06. The molecule has 0 saturated carbocycles. The van der Waals surface area contributed by atoms with Crippen LogP contribution in [0.15, 0.2) is 0 Å². The zero-order valence-corrected chi connectivity index (χ0v) is 14.0. The standard InChI is InChI=1S/C17H32O4/c1-4-5-6-10-13-20-16(18)11-8-7-9-12-17(19)21-14-15(2)3/h15H,4-14H2,1-3H3. The van der Waals surface area contributed by atoms with E-state index in [1.165, 1.54) is 12.8 Å². The predicted octanol–water partition coefficient (Wildman–Crippen LogP) is 4.26. The number of ether oxygens (including phenoxy) is 2. The van der Waals surface area contributed by atoms with Crippen LogP contribution in [-0.4, -0.2) is 25.2 Å². The number of carbonyl (C=O) groups is 2. The van der Waals surface area contributed by atoms with E-state index < -0.39 is 0 Å². The van der Waals surface area contributed by atoms with Crippen LogP contribution in [0.3, 0.4) is 0 Å². The van der Waals surface area contributed by atoms with Crippen molar-refractivity contribution < 1.29 is 19.1 Å². The number of unbranched alkanes of at least 4 members (excludes halogenated alkanes) is 5. The Morgan fingerprint density at radius 2 is 1.38 bits per heavy atom. The summed E-state index contributed by atoms with van der Waals surface area (Å²) in [6.45, 7) is 7.22. The molecule has 0 fully saturated rings. The summed E-state index contributed by atoms with van der Waals surface area (Å²) in [5.41, 5.74) is 0. The van der Waals surface area contributed by atoms with Crippen molar-refractivity contribution >= 4 is 11.9 Å². The van der Waals surface area contributed by atoms with E-state index in [9.17, 15) is 9.59 Å². The van der Waals surface area contributed by atoms with E-state index in [1.807, 2.05) is 13.8 Å². The molecular weight excluding hydrogens is 268 g/mol. The van der Waals surface area contributed by atoms with E-state index >= 15 is 0 Å². The van der Waals surface area contributed by atoms with Gasteiger partial charge in [0.15, 0.2) is 0 Å². The highest BCUT2D eigenvalue weighted by molar-refractivity contribution is 5.69. The maximum Gasteiger partial charge on any atom is 0.305 e. The lowest BCUT2D eigenvalue weighted by Gasteiger charge is -2.07. The average Bonchev–Trinajstić information content (AvgIpc) is 2.44. The molecule has 0 aromatic heterocycles. The summed E-state index contributed by atoms with van der Waals surface area (Å²) in [5.74, 6) is 0.122. The first kappa shape index (κ1) is 19.9. The molecule has 0 spiro atoms. The molecule has 0 rings (SSSR count). The van der Waals surface area contributed by atoms with Crippen LogP contribution in [-0.2, 0) is 19.1 Å². The van der Waals surface area contributed by atoms with Crippen molar-refractivity contribution in [2.75, 3.05) is 13.2 Å². The van der Waals surface area contributed by atoms with Crippen LogP contribution >= 0.6 is 0 Å². The summed E-state index contributed by atoms with van der Waals surface area (Å²) in [6, 6.07) is 0. The molecule has 0 saturated heterocycles. The highest BCUT2D eigenvalue weighted by atomic mass is 16.5. The first-order chi connectivity index (χ1) is 10.1. The van der Waals surface area contributed by atoms with E-state index in [2.05, 4.69) is 6.92 Å². The Kier molecular flexibility index (Phi) is 13.2. The van der Waals surface area contributed by atoms with Crippen LogP contribution in [0.1, 0.15) is 78.6 Å². The second-order valence-corrected chi connectivity index (χ2v) is 5.92. The van der Waals surface area contributed by atoms with E-state index in [-0.39, 0.29) is 11.9 Å². The molecule has 0 atom stereocenters. The quantitative estimate of drug-likeness (QED) is 0.377. The van der Waals surface area contributed by atoms with Crippen LogP contribution in [0.5, 0.6) is 0 Å². The van der Waals surface area contributed by atoms with E-state index in [0.29, 0.717) is 32.0 Å². The topological polar surface area (TPSA) is 52.6 Å². The van der Waals surface area contributed by atoms with Gasteiger partial charge in [0, 0.05) is 12.8 Å². The molecule has 0 amide bonds. The Balaban J connectivity index is 3.33. The largest absolute Gasteiger partial charge is 0.466 e. The Hall–Kier alpha value is -1.06. The smallest absolute Gasteiger partial charge is 0.305 e. The van der Waals surface area contributed by atoms with Gasteiger partial charge in [0.25, 0.3) is 0 Å². The molecule has 21 heavy (non-hydrogen) atoms. The Bertz CT molecular complexity index is 274. The molecule has 4 nitrogen and oxygen atoms in total. The summed E-state index contributed by atoms with van der Waals surface area (Å²) in [7, 11) is 0. The summed E-state index contributed by atoms with van der Waals surface area (Å²) in [5, 5.41) is 0. The van der Waals surface area contributed by atoms with Crippen molar-refractivity contribution in [3.05, 3.63) is 0 Å². The first-order valence-corrected chi connectivity index (χ1v) is 8.37. The summed E-state index contributed by atoms with van der Waals surface area (Å²) in [4.78, 5) is 22.8. The zero-order chi connectivity index (χ0) is 15.9.